The molecule has 4 N–H and O–H groups in total. The second-order valence-corrected chi connectivity index (χ2v) is 4.72. The van der Waals surface area contributed by atoms with Gasteiger partial charge in [-0.2, -0.15) is 5.23 Å². The van der Waals surface area contributed by atoms with E-state index in [1.54, 1.807) is 26.0 Å². The third-order valence-corrected chi connectivity index (χ3v) is 3.23. The quantitative estimate of drug-likeness (QED) is 0.471. The molecule has 22 heavy (non-hydrogen) atoms. The molecule has 0 bridgehead atoms. The lowest BCUT2D eigenvalue weighted by Crippen LogP contribution is -2.99. The SMILES string of the molecule is CCOC(=O)C1=C(C)NC(=O)N[C@@H]1c1cccc([NH+]([O-])O)c1. The summed E-state index contributed by atoms with van der Waals surface area (Å²) >= 11 is 0. The number of rotatable bonds is 4. The maximum atomic E-state index is 12.1. The maximum absolute atomic E-state index is 12.1. The lowest BCUT2D eigenvalue weighted by Gasteiger charge is -2.28. The fourth-order valence-electron chi connectivity index (χ4n) is 2.27. The van der Waals surface area contributed by atoms with Crippen LogP contribution in [0.5, 0.6) is 0 Å². The minimum absolute atomic E-state index is 0.0751. The molecule has 118 valence electrons. The van der Waals surface area contributed by atoms with Gasteiger partial charge in [0.1, 0.15) is 0 Å². The number of benzene rings is 1. The van der Waals surface area contributed by atoms with Gasteiger partial charge in [-0.1, -0.05) is 12.1 Å². The van der Waals surface area contributed by atoms with E-state index in [1.807, 2.05) is 0 Å². The second-order valence-electron chi connectivity index (χ2n) is 4.72. The molecule has 1 unspecified atom stereocenters. The van der Waals surface area contributed by atoms with Crippen molar-refractivity contribution in [2.45, 2.75) is 19.9 Å². The number of urea groups is 1. The van der Waals surface area contributed by atoms with Crippen molar-refractivity contribution in [3.05, 3.63) is 46.3 Å². The molecule has 0 radical (unpaired) electrons. The van der Waals surface area contributed by atoms with Crippen LogP contribution in [0.15, 0.2) is 35.5 Å². The van der Waals surface area contributed by atoms with Crippen molar-refractivity contribution in [1.29, 1.82) is 0 Å². The van der Waals surface area contributed by atoms with E-state index in [0.29, 0.717) is 11.3 Å². The van der Waals surface area contributed by atoms with Crippen molar-refractivity contribution in [3.63, 3.8) is 0 Å². The van der Waals surface area contributed by atoms with Gasteiger partial charge in [0.25, 0.3) is 0 Å². The van der Waals surface area contributed by atoms with Crippen LogP contribution < -0.4 is 15.9 Å². The van der Waals surface area contributed by atoms with Crippen molar-refractivity contribution < 1.29 is 24.8 Å². The minimum atomic E-state index is -1.08. The van der Waals surface area contributed by atoms with Gasteiger partial charge in [-0.25, -0.2) is 14.8 Å². The van der Waals surface area contributed by atoms with Crippen molar-refractivity contribution in [2.75, 3.05) is 6.61 Å². The fraction of sp³-hybridized carbons (Fsp3) is 0.286. The summed E-state index contributed by atoms with van der Waals surface area (Å²) < 4.78 is 5.01. The molecule has 1 aromatic rings. The third-order valence-electron chi connectivity index (χ3n) is 3.23. The molecule has 2 rings (SSSR count). The number of amides is 2. The predicted molar refractivity (Wildman–Crippen MR) is 76.0 cm³/mol. The second kappa shape index (κ2) is 6.56. The van der Waals surface area contributed by atoms with E-state index in [0.717, 1.165) is 0 Å². The summed E-state index contributed by atoms with van der Waals surface area (Å²) in [6.45, 7) is 3.48. The minimum Gasteiger partial charge on any atom is -0.595 e. The summed E-state index contributed by atoms with van der Waals surface area (Å²) in [5.41, 5.74) is 1.21. The normalized spacial score (nSPS) is 19.3. The molecule has 0 aromatic heterocycles. The number of quaternary nitrogens is 1. The van der Waals surface area contributed by atoms with Crippen molar-refractivity contribution in [3.8, 4) is 0 Å². The van der Waals surface area contributed by atoms with Crippen LogP contribution in [0.1, 0.15) is 25.5 Å². The van der Waals surface area contributed by atoms with Crippen LogP contribution in [0.3, 0.4) is 0 Å². The summed E-state index contributed by atoms with van der Waals surface area (Å²) in [6.07, 6.45) is 0. The van der Waals surface area contributed by atoms with Gasteiger partial charge in [-0.15, -0.1) is 0 Å². The first-order valence-corrected chi connectivity index (χ1v) is 6.72. The van der Waals surface area contributed by atoms with E-state index in [1.165, 1.54) is 12.1 Å². The average molecular weight is 307 g/mol. The van der Waals surface area contributed by atoms with E-state index < -0.39 is 23.3 Å². The monoisotopic (exact) mass is 307 g/mol. The summed E-state index contributed by atoms with van der Waals surface area (Å²) in [4.78, 5) is 23.8. The Hall–Kier alpha value is -2.42. The van der Waals surface area contributed by atoms with Crippen LogP contribution in [0.2, 0.25) is 0 Å². The Labute approximate surface area is 126 Å². The van der Waals surface area contributed by atoms with Gasteiger partial charge in [-0.3, -0.25) is 0 Å². The molecule has 2 amide bonds. The molecular formula is C14H17N3O5. The lowest BCUT2D eigenvalue weighted by atomic mass is 9.95. The average Bonchev–Trinajstić information content (AvgIpc) is 2.46. The van der Waals surface area contributed by atoms with Crippen LogP contribution in [0.4, 0.5) is 10.5 Å². The molecular weight excluding hydrogens is 290 g/mol. The highest BCUT2D eigenvalue weighted by atomic mass is 16.8. The number of esters is 1. The molecule has 8 nitrogen and oxygen atoms in total. The fourth-order valence-corrected chi connectivity index (χ4v) is 2.27. The standard InChI is InChI=1S/C14H17N3O5/c1-3-22-13(18)11-8(2)15-14(19)16-12(11)9-5-4-6-10(7-9)17(20)21/h4-7,12,17,20H,3H2,1-2H3,(H2,15,16,19)/t12-/m1/s1. The zero-order valence-corrected chi connectivity index (χ0v) is 12.2. The molecule has 1 aliphatic heterocycles. The van der Waals surface area contributed by atoms with E-state index in [9.17, 15) is 14.8 Å². The molecule has 1 aromatic carbocycles. The molecule has 0 saturated carbocycles. The van der Waals surface area contributed by atoms with Crippen LogP contribution in [0, 0.1) is 5.21 Å². The van der Waals surface area contributed by atoms with E-state index in [2.05, 4.69) is 10.6 Å². The molecule has 0 aliphatic carbocycles. The van der Waals surface area contributed by atoms with E-state index >= 15 is 0 Å². The first-order chi connectivity index (χ1) is 10.4. The molecule has 2 atom stereocenters. The largest absolute Gasteiger partial charge is 0.595 e. The predicted octanol–water partition coefficient (Wildman–Crippen LogP) is 0.281. The van der Waals surface area contributed by atoms with E-state index in [4.69, 9.17) is 9.94 Å². The highest BCUT2D eigenvalue weighted by molar-refractivity contribution is 5.95. The Morgan fingerprint density at radius 1 is 1.50 bits per heavy atom. The first kappa shape index (κ1) is 16.0. The van der Waals surface area contributed by atoms with Gasteiger partial charge in [0.15, 0.2) is 5.69 Å². The smallest absolute Gasteiger partial charge is 0.338 e. The van der Waals surface area contributed by atoms with Gasteiger partial charge in [0.05, 0.1) is 18.2 Å². The highest BCUT2D eigenvalue weighted by Crippen LogP contribution is 2.28. The summed E-state index contributed by atoms with van der Waals surface area (Å²) in [7, 11) is 0. The molecule has 8 heteroatoms. The molecule has 0 fully saturated rings. The summed E-state index contributed by atoms with van der Waals surface area (Å²) in [5.74, 6) is -0.557. The Bertz CT molecular complexity index is 627. The number of allylic oxidation sites excluding steroid dienone is 1. The van der Waals surface area contributed by atoms with Crippen LogP contribution in [0.25, 0.3) is 0 Å². The van der Waals surface area contributed by atoms with Crippen molar-refractivity contribution in [2.24, 2.45) is 0 Å². The number of hydrogen-bond acceptors (Lipinski definition) is 5. The zero-order chi connectivity index (χ0) is 16.3. The Morgan fingerprint density at radius 3 is 2.86 bits per heavy atom. The van der Waals surface area contributed by atoms with Crippen LogP contribution >= 0.6 is 0 Å². The number of ether oxygens (including phenoxy) is 1. The molecule has 0 saturated heterocycles. The Balaban J connectivity index is 2.45. The van der Waals surface area contributed by atoms with Gasteiger partial charge in [0.2, 0.25) is 0 Å². The highest BCUT2D eigenvalue weighted by Gasteiger charge is 2.32. The van der Waals surface area contributed by atoms with Crippen LogP contribution in [-0.2, 0) is 9.53 Å². The number of carbonyl (C=O) groups excluding carboxylic acids is 2. The van der Waals surface area contributed by atoms with Crippen molar-refractivity contribution >= 4 is 17.7 Å². The number of nitrogens with one attached hydrogen (secondary N) is 3. The third kappa shape index (κ3) is 3.25. The van der Waals surface area contributed by atoms with Gasteiger partial charge >= 0.3 is 12.0 Å². The van der Waals surface area contributed by atoms with E-state index in [-0.39, 0.29) is 17.9 Å². The zero-order valence-electron chi connectivity index (χ0n) is 12.2. The van der Waals surface area contributed by atoms with Gasteiger partial charge < -0.3 is 20.6 Å². The summed E-state index contributed by atoms with van der Waals surface area (Å²) in [5, 5.41) is 24.2. The topological polar surface area (TPSA) is 115 Å². The summed E-state index contributed by atoms with van der Waals surface area (Å²) in [6, 6.07) is 4.85. The number of hydrogen-bond donors (Lipinski definition) is 4. The molecule has 1 aliphatic rings. The first-order valence-electron chi connectivity index (χ1n) is 6.72. The molecule has 0 spiro atoms. The van der Waals surface area contributed by atoms with Gasteiger partial charge in [0, 0.05) is 17.8 Å². The lowest BCUT2D eigenvalue weighted by molar-refractivity contribution is -0.991. The maximum Gasteiger partial charge on any atom is 0.338 e. The van der Waals surface area contributed by atoms with Crippen molar-refractivity contribution in [1.82, 2.24) is 10.6 Å². The Morgan fingerprint density at radius 2 is 2.23 bits per heavy atom. The Kier molecular flexibility index (Phi) is 4.76. The number of carbonyl (C=O) groups is 2. The van der Waals surface area contributed by atoms with Crippen LogP contribution in [-0.4, -0.2) is 23.8 Å². The molecule has 1 heterocycles. The van der Waals surface area contributed by atoms with Gasteiger partial charge in [-0.05, 0) is 19.4 Å².